The Kier molecular flexibility index (Phi) is 8.39. The topological polar surface area (TPSA) is 123 Å². The van der Waals surface area contributed by atoms with Crippen LogP contribution >= 0.6 is 0 Å². The number of fused-ring (bicyclic) bond motifs is 1. The maximum absolute atomic E-state index is 13.4. The molecule has 0 unspecified atom stereocenters. The lowest BCUT2D eigenvalue weighted by Gasteiger charge is -2.35. The maximum Gasteiger partial charge on any atom is 0.307 e. The number of aryl methyl sites for hydroxylation is 1. The SMILES string of the molecule is CCOC(=O)CCN1CCN(c2ccc(Nc3ncc4c(C)c(C(C)=O)c(=O)n(C5CCCC5)c4n3)nc2)CC1. The third-order valence-corrected chi connectivity index (χ3v) is 7.91. The van der Waals surface area contributed by atoms with Crippen molar-refractivity contribution in [1.82, 2.24) is 24.4 Å². The van der Waals surface area contributed by atoms with Crippen molar-refractivity contribution in [3.8, 4) is 0 Å². The summed E-state index contributed by atoms with van der Waals surface area (Å²) in [4.78, 5) is 55.8. The van der Waals surface area contributed by atoms with Crippen LogP contribution in [0.1, 0.15) is 67.9 Å². The highest BCUT2D eigenvalue weighted by Crippen LogP contribution is 2.32. The molecule has 3 aromatic heterocycles. The third kappa shape index (κ3) is 5.84. The summed E-state index contributed by atoms with van der Waals surface area (Å²) in [5, 5.41) is 3.89. The summed E-state index contributed by atoms with van der Waals surface area (Å²) >= 11 is 0. The first kappa shape index (κ1) is 27.7. The molecule has 0 aromatic carbocycles. The van der Waals surface area contributed by atoms with Gasteiger partial charge in [0.15, 0.2) is 5.78 Å². The summed E-state index contributed by atoms with van der Waals surface area (Å²) in [7, 11) is 0. The monoisotopic (exact) mass is 547 g/mol. The first-order chi connectivity index (χ1) is 19.4. The number of Topliss-reactive ketones (excluding diaryl/α,β-unsaturated/α-hetero) is 1. The van der Waals surface area contributed by atoms with E-state index in [2.05, 4.69) is 25.1 Å². The molecule has 0 amide bonds. The number of ketones is 1. The van der Waals surface area contributed by atoms with Gasteiger partial charge in [0, 0.05) is 50.3 Å². The molecule has 212 valence electrons. The molecule has 3 aromatic rings. The van der Waals surface area contributed by atoms with E-state index < -0.39 is 0 Å². The summed E-state index contributed by atoms with van der Waals surface area (Å²) in [5.74, 6) is 0.568. The Morgan fingerprint density at radius 3 is 2.48 bits per heavy atom. The second kappa shape index (κ2) is 12.1. The Labute approximate surface area is 233 Å². The molecule has 40 heavy (non-hydrogen) atoms. The highest BCUT2D eigenvalue weighted by atomic mass is 16.5. The predicted octanol–water partition coefficient (Wildman–Crippen LogP) is 3.63. The second-order valence-corrected chi connectivity index (χ2v) is 10.5. The van der Waals surface area contributed by atoms with E-state index in [-0.39, 0.29) is 28.9 Å². The lowest BCUT2D eigenvalue weighted by molar-refractivity contribution is -0.143. The van der Waals surface area contributed by atoms with Gasteiger partial charge in [0.05, 0.1) is 30.5 Å². The summed E-state index contributed by atoms with van der Waals surface area (Å²) in [6.45, 7) is 9.63. The van der Waals surface area contributed by atoms with Gasteiger partial charge in [0.2, 0.25) is 5.95 Å². The number of hydrogen-bond acceptors (Lipinski definition) is 10. The molecule has 0 radical (unpaired) electrons. The average Bonchev–Trinajstić information content (AvgIpc) is 3.47. The standard InChI is InChI=1S/C29H37N7O4/c1-4-40-25(38)11-12-34-13-15-35(16-14-34)22-9-10-24(30-17-22)32-29-31-18-23-19(2)26(20(3)37)28(39)36(27(23)33-29)21-7-5-6-8-21/h9-10,17-18,21H,4-8,11-16H2,1-3H3,(H,30,31,32,33). The number of hydrogen-bond donors (Lipinski definition) is 1. The fourth-order valence-corrected chi connectivity index (χ4v) is 5.78. The summed E-state index contributed by atoms with van der Waals surface area (Å²) in [5.41, 5.74) is 2.15. The number of anilines is 3. The van der Waals surface area contributed by atoms with Crippen LogP contribution in [0.5, 0.6) is 0 Å². The van der Waals surface area contributed by atoms with E-state index in [0.29, 0.717) is 47.9 Å². The largest absolute Gasteiger partial charge is 0.466 e. The molecule has 11 nitrogen and oxygen atoms in total. The van der Waals surface area contributed by atoms with E-state index in [1.165, 1.54) is 6.92 Å². The zero-order valence-corrected chi connectivity index (χ0v) is 23.5. The predicted molar refractivity (Wildman–Crippen MR) is 153 cm³/mol. The number of carbonyl (C=O) groups excluding carboxylic acids is 2. The second-order valence-electron chi connectivity index (χ2n) is 10.5. The number of nitrogens with one attached hydrogen (secondary N) is 1. The van der Waals surface area contributed by atoms with Crippen LogP contribution in [0.15, 0.2) is 29.3 Å². The van der Waals surface area contributed by atoms with Gasteiger partial charge in [-0.05, 0) is 51.3 Å². The summed E-state index contributed by atoms with van der Waals surface area (Å²) in [6.07, 6.45) is 7.83. The van der Waals surface area contributed by atoms with Crippen molar-refractivity contribution < 1.29 is 14.3 Å². The number of nitrogens with zero attached hydrogens (tertiary/aromatic N) is 6. The van der Waals surface area contributed by atoms with E-state index in [9.17, 15) is 14.4 Å². The number of piperazine rings is 1. The fourth-order valence-electron chi connectivity index (χ4n) is 5.78. The number of pyridine rings is 2. The van der Waals surface area contributed by atoms with Crippen LogP contribution in [0.25, 0.3) is 11.0 Å². The molecule has 1 N–H and O–H groups in total. The van der Waals surface area contributed by atoms with Gasteiger partial charge in [-0.1, -0.05) is 12.8 Å². The zero-order valence-electron chi connectivity index (χ0n) is 23.5. The Hall–Kier alpha value is -3.86. The molecule has 1 saturated carbocycles. The highest BCUT2D eigenvalue weighted by Gasteiger charge is 2.26. The van der Waals surface area contributed by atoms with Crippen LogP contribution in [0.4, 0.5) is 17.5 Å². The van der Waals surface area contributed by atoms with Crippen LogP contribution in [0, 0.1) is 6.92 Å². The highest BCUT2D eigenvalue weighted by molar-refractivity contribution is 5.99. The molecule has 0 spiro atoms. The minimum absolute atomic E-state index is 0.0273. The van der Waals surface area contributed by atoms with E-state index in [0.717, 1.165) is 57.5 Å². The van der Waals surface area contributed by atoms with Crippen molar-refractivity contribution in [2.45, 2.75) is 58.9 Å². The van der Waals surface area contributed by atoms with Gasteiger partial charge in [-0.15, -0.1) is 0 Å². The zero-order chi connectivity index (χ0) is 28.2. The minimum Gasteiger partial charge on any atom is -0.466 e. The smallest absolute Gasteiger partial charge is 0.307 e. The molecule has 11 heteroatoms. The van der Waals surface area contributed by atoms with E-state index >= 15 is 0 Å². The lowest BCUT2D eigenvalue weighted by atomic mass is 10.0. The number of rotatable bonds is 9. The Bertz CT molecular complexity index is 1440. The number of aromatic nitrogens is 4. The minimum atomic E-state index is -0.266. The van der Waals surface area contributed by atoms with Gasteiger partial charge >= 0.3 is 5.97 Å². The quantitative estimate of drug-likeness (QED) is 0.314. The number of ether oxygens (including phenoxy) is 1. The Morgan fingerprint density at radius 2 is 1.82 bits per heavy atom. The summed E-state index contributed by atoms with van der Waals surface area (Å²) in [6, 6.07) is 3.94. The van der Waals surface area contributed by atoms with Gasteiger partial charge in [0.25, 0.3) is 5.56 Å². The summed E-state index contributed by atoms with van der Waals surface area (Å²) < 4.78 is 6.73. The third-order valence-electron chi connectivity index (χ3n) is 7.91. The molecule has 0 atom stereocenters. The van der Waals surface area contributed by atoms with E-state index in [1.807, 2.05) is 25.3 Å². The molecule has 1 aliphatic heterocycles. The first-order valence-corrected chi connectivity index (χ1v) is 14.1. The van der Waals surface area contributed by atoms with Crippen molar-refractivity contribution in [3.05, 3.63) is 46.0 Å². The van der Waals surface area contributed by atoms with Crippen molar-refractivity contribution in [2.24, 2.45) is 0 Å². The molecule has 4 heterocycles. The Morgan fingerprint density at radius 1 is 1.07 bits per heavy atom. The normalized spacial score (nSPS) is 16.4. The van der Waals surface area contributed by atoms with Crippen molar-refractivity contribution in [1.29, 1.82) is 0 Å². The van der Waals surface area contributed by atoms with Crippen LogP contribution in [-0.4, -0.2) is 75.5 Å². The van der Waals surface area contributed by atoms with Gasteiger partial charge in [0.1, 0.15) is 11.5 Å². The molecule has 2 fully saturated rings. The van der Waals surface area contributed by atoms with Crippen molar-refractivity contribution in [3.63, 3.8) is 0 Å². The van der Waals surface area contributed by atoms with Crippen molar-refractivity contribution >= 4 is 40.2 Å². The van der Waals surface area contributed by atoms with Gasteiger partial charge in [-0.2, -0.15) is 4.98 Å². The van der Waals surface area contributed by atoms with Crippen LogP contribution < -0.4 is 15.8 Å². The molecule has 1 aliphatic carbocycles. The lowest BCUT2D eigenvalue weighted by Crippen LogP contribution is -2.47. The fraction of sp³-hybridized carbons (Fsp3) is 0.517. The van der Waals surface area contributed by atoms with Crippen LogP contribution in [0.2, 0.25) is 0 Å². The number of carbonyl (C=O) groups is 2. The molecular formula is C29H37N7O4. The van der Waals surface area contributed by atoms with E-state index in [4.69, 9.17) is 9.72 Å². The molecule has 5 rings (SSSR count). The first-order valence-electron chi connectivity index (χ1n) is 14.1. The van der Waals surface area contributed by atoms with Crippen molar-refractivity contribution in [2.75, 3.05) is 49.5 Å². The molecule has 0 bridgehead atoms. The number of esters is 1. The van der Waals surface area contributed by atoms with Gasteiger partial charge < -0.3 is 15.0 Å². The van der Waals surface area contributed by atoms with E-state index in [1.54, 1.807) is 17.7 Å². The average molecular weight is 548 g/mol. The Balaban J connectivity index is 1.30. The molecule has 2 aliphatic rings. The molecule has 1 saturated heterocycles. The van der Waals surface area contributed by atoms with Gasteiger partial charge in [-0.25, -0.2) is 9.97 Å². The van der Waals surface area contributed by atoms with Gasteiger partial charge in [-0.3, -0.25) is 23.9 Å². The van der Waals surface area contributed by atoms with Crippen LogP contribution in [-0.2, 0) is 9.53 Å². The molecular weight excluding hydrogens is 510 g/mol. The van der Waals surface area contributed by atoms with Crippen LogP contribution in [0.3, 0.4) is 0 Å². The maximum atomic E-state index is 13.4.